The Bertz CT molecular complexity index is 1200. The Morgan fingerprint density at radius 1 is 1.00 bits per heavy atom. The van der Waals surface area contributed by atoms with Gasteiger partial charge < -0.3 is 5.73 Å². The van der Waals surface area contributed by atoms with Crippen molar-refractivity contribution in [3.63, 3.8) is 0 Å². The molecule has 27 heavy (non-hydrogen) atoms. The molecular weight excluding hydrogens is 358 g/mol. The van der Waals surface area contributed by atoms with E-state index in [1.807, 2.05) is 30.3 Å². The molecule has 1 aromatic heterocycles. The van der Waals surface area contributed by atoms with E-state index in [0.717, 1.165) is 23.1 Å². The van der Waals surface area contributed by atoms with Crippen LogP contribution >= 0.6 is 11.6 Å². The largest absolute Gasteiger partial charge is 0.397 e. The zero-order chi connectivity index (χ0) is 19.0. The van der Waals surface area contributed by atoms with Crippen LogP contribution in [0, 0.1) is 0 Å². The van der Waals surface area contributed by atoms with Crippen molar-refractivity contribution in [2.45, 2.75) is 13.3 Å². The van der Waals surface area contributed by atoms with Crippen molar-refractivity contribution in [3.05, 3.63) is 87.7 Å². The Morgan fingerprint density at radius 3 is 2.41 bits per heavy atom. The fourth-order valence-corrected chi connectivity index (χ4v) is 3.33. The Balaban J connectivity index is 2.05. The van der Waals surface area contributed by atoms with Crippen LogP contribution in [0.3, 0.4) is 0 Å². The lowest BCUT2D eigenvalue weighted by atomic mass is 10.0. The molecule has 0 saturated heterocycles. The molecule has 4 rings (SSSR count). The summed E-state index contributed by atoms with van der Waals surface area (Å²) in [6.07, 6.45) is 0.965. The van der Waals surface area contributed by atoms with E-state index in [-0.39, 0.29) is 5.56 Å². The quantitative estimate of drug-likeness (QED) is 0.520. The third-order valence-electron chi connectivity index (χ3n) is 4.66. The maximum atomic E-state index is 13.1. The number of nitrogens with zero attached hydrogens (tertiary/aromatic N) is 2. The average molecular weight is 376 g/mol. The van der Waals surface area contributed by atoms with Gasteiger partial charge in [0.2, 0.25) is 0 Å². The van der Waals surface area contributed by atoms with Gasteiger partial charge in [0.25, 0.3) is 5.56 Å². The summed E-state index contributed by atoms with van der Waals surface area (Å²) >= 11 is 6.13. The number of nitrogen functional groups attached to an aromatic ring is 1. The zero-order valence-corrected chi connectivity index (χ0v) is 15.6. The molecule has 4 nitrogen and oxygen atoms in total. The standard InChI is InChI=1S/C22H18ClN3O/c1-2-14-7-9-15(10-8-14)21-17-5-3-4-6-18(17)22(27)26(25-21)20-13-16(23)11-12-19(20)24/h3-13H,2,24H2,1H3. The molecule has 0 aliphatic rings. The minimum absolute atomic E-state index is 0.228. The number of halogens is 1. The molecule has 0 amide bonds. The summed E-state index contributed by atoms with van der Waals surface area (Å²) in [5, 5.41) is 6.55. The van der Waals surface area contributed by atoms with Crippen molar-refractivity contribution >= 4 is 28.1 Å². The maximum Gasteiger partial charge on any atom is 0.279 e. The average Bonchev–Trinajstić information content (AvgIpc) is 2.71. The summed E-state index contributed by atoms with van der Waals surface area (Å²) in [5.74, 6) is 0. The molecule has 4 aromatic rings. The van der Waals surface area contributed by atoms with E-state index in [4.69, 9.17) is 17.3 Å². The molecule has 3 aromatic carbocycles. The van der Waals surface area contributed by atoms with Gasteiger partial charge in [-0.1, -0.05) is 61.0 Å². The topological polar surface area (TPSA) is 60.9 Å². The van der Waals surface area contributed by atoms with E-state index in [0.29, 0.717) is 21.8 Å². The summed E-state index contributed by atoms with van der Waals surface area (Å²) in [5.41, 5.74) is 9.71. The van der Waals surface area contributed by atoms with Crippen molar-refractivity contribution in [2.75, 3.05) is 5.73 Å². The van der Waals surface area contributed by atoms with Gasteiger partial charge in [-0.2, -0.15) is 9.78 Å². The third kappa shape index (κ3) is 3.09. The molecule has 0 fully saturated rings. The van der Waals surface area contributed by atoms with Gasteiger partial charge in [-0.3, -0.25) is 4.79 Å². The second-order valence-electron chi connectivity index (χ2n) is 6.36. The first-order valence-corrected chi connectivity index (χ1v) is 9.13. The number of aromatic nitrogens is 2. The third-order valence-corrected chi connectivity index (χ3v) is 4.90. The summed E-state index contributed by atoms with van der Waals surface area (Å²) in [7, 11) is 0. The van der Waals surface area contributed by atoms with Crippen LogP contribution in [-0.4, -0.2) is 9.78 Å². The van der Waals surface area contributed by atoms with Gasteiger partial charge in [0.05, 0.1) is 22.5 Å². The summed E-state index contributed by atoms with van der Waals surface area (Å²) in [6.45, 7) is 2.12. The summed E-state index contributed by atoms with van der Waals surface area (Å²) in [4.78, 5) is 13.1. The summed E-state index contributed by atoms with van der Waals surface area (Å²) in [6, 6.07) is 20.7. The first-order chi connectivity index (χ1) is 13.1. The van der Waals surface area contributed by atoms with Gasteiger partial charge in [-0.05, 0) is 36.2 Å². The highest BCUT2D eigenvalue weighted by Crippen LogP contribution is 2.27. The maximum absolute atomic E-state index is 13.1. The number of hydrogen-bond donors (Lipinski definition) is 1. The molecule has 134 valence electrons. The highest BCUT2D eigenvalue weighted by molar-refractivity contribution is 6.30. The Kier molecular flexibility index (Phi) is 4.42. The first-order valence-electron chi connectivity index (χ1n) is 8.75. The van der Waals surface area contributed by atoms with Gasteiger partial charge in [-0.25, -0.2) is 0 Å². The normalized spacial score (nSPS) is 11.0. The lowest BCUT2D eigenvalue weighted by Gasteiger charge is -2.13. The van der Waals surface area contributed by atoms with Crippen molar-refractivity contribution in [1.29, 1.82) is 0 Å². The molecule has 0 bridgehead atoms. The molecule has 0 atom stereocenters. The number of anilines is 1. The monoisotopic (exact) mass is 375 g/mol. The van der Waals surface area contributed by atoms with E-state index in [2.05, 4.69) is 24.2 Å². The van der Waals surface area contributed by atoms with Gasteiger partial charge in [-0.15, -0.1) is 0 Å². The Labute approximate surface area is 161 Å². The predicted octanol–water partition coefficient (Wildman–Crippen LogP) is 4.85. The smallest absolute Gasteiger partial charge is 0.279 e. The fourth-order valence-electron chi connectivity index (χ4n) is 3.16. The van der Waals surface area contributed by atoms with Crippen molar-refractivity contribution in [2.24, 2.45) is 0 Å². The van der Waals surface area contributed by atoms with Crippen LogP contribution in [0.15, 0.2) is 71.5 Å². The Hall–Kier alpha value is -3.11. The molecule has 0 aliphatic heterocycles. The van der Waals surface area contributed by atoms with Crippen LogP contribution in [0.4, 0.5) is 5.69 Å². The molecule has 1 heterocycles. The van der Waals surface area contributed by atoms with Gasteiger partial charge >= 0.3 is 0 Å². The Morgan fingerprint density at radius 2 is 1.70 bits per heavy atom. The van der Waals surface area contributed by atoms with E-state index >= 15 is 0 Å². The highest BCUT2D eigenvalue weighted by Gasteiger charge is 2.15. The molecule has 2 N–H and O–H groups in total. The van der Waals surface area contributed by atoms with Gasteiger partial charge in [0.1, 0.15) is 0 Å². The van der Waals surface area contributed by atoms with Crippen molar-refractivity contribution in [1.82, 2.24) is 9.78 Å². The minimum atomic E-state index is -0.228. The number of rotatable bonds is 3. The van der Waals surface area contributed by atoms with Crippen molar-refractivity contribution < 1.29 is 0 Å². The van der Waals surface area contributed by atoms with Crippen LogP contribution in [0.5, 0.6) is 0 Å². The SMILES string of the molecule is CCc1ccc(-c2nn(-c3cc(Cl)ccc3N)c(=O)c3ccccc23)cc1. The molecular formula is C22H18ClN3O. The molecule has 0 unspecified atom stereocenters. The zero-order valence-electron chi connectivity index (χ0n) is 14.8. The molecule has 0 spiro atoms. The lowest BCUT2D eigenvalue weighted by Crippen LogP contribution is -2.23. The van der Waals surface area contributed by atoms with E-state index in [9.17, 15) is 4.79 Å². The molecule has 5 heteroatoms. The van der Waals surface area contributed by atoms with Gasteiger partial charge in [0.15, 0.2) is 0 Å². The molecule has 0 saturated carbocycles. The molecule has 0 radical (unpaired) electrons. The molecule has 0 aliphatic carbocycles. The number of hydrogen-bond acceptors (Lipinski definition) is 3. The lowest BCUT2D eigenvalue weighted by molar-refractivity contribution is 0.828. The number of aryl methyl sites for hydroxylation is 1. The number of benzene rings is 3. The summed E-state index contributed by atoms with van der Waals surface area (Å²) < 4.78 is 1.34. The minimum Gasteiger partial charge on any atom is -0.397 e. The second-order valence-corrected chi connectivity index (χ2v) is 6.80. The number of fused-ring (bicyclic) bond motifs is 1. The van der Waals surface area contributed by atoms with Gasteiger partial charge in [0, 0.05) is 16.0 Å². The first kappa shape index (κ1) is 17.3. The van der Waals surface area contributed by atoms with E-state index in [1.165, 1.54) is 10.2 Å². The van der Waals surface area contributed by atoms with Crippen LogP contribution in [0.2, 0.25) is 5.02 Å². The van der Waals surface area contributed by atoms with E-state index < -0.39 is 0 Å². The van der Waals surface area contributed by atoms with E-state index in [1.54, 1.807) is 24.3 Å². The fraction of sp³-hybridized carbons (Fsp3) is 0.0909. The van der Waals surface area contributed by atoms with Crippen LogP contribution in [0.1, 0.15) is 12.5 Å². The highest BCUT2D eigenvalue weighted by atomic mass is 35.5. The predicted molar refractivity (Wildman–Crippen MR) is 112 cm³/mol. The second kappa shape index (κ2) is 6.89. The van der Waals surface area contributed by atoms with Crippen molar-refractivity contribution in [3.8, 4) is 16.9 Å². The van der Waals surface area contributed by atoms with Crippen LogP contribution < -0.4 is 11.3 Å². The van der Waals surface area contributed by atoms with Crippen LogP contribution in [-0.2, 0) is 6.42 Å². The number of nitrogens with two attached hydrogens (primary N) is 1. The van der Waals surface area contributed by atoms with Crippen LogP contribution in [0.25, 0.3) is 27.7 Å².